The van der Waals surface area contributed by atoms with Crippen LogP contribution in [0.5, 0.6) is 0 Å². The number of rotatable bonds is 6. The Morgan fingerprint density at radius 3 is 2.50 bits per heavy atom. The van der Waals surface area contributed by atoms with Crippen LogP contribution in [0.1, 0.15) is 6.42 Å². The fraction of sp³-hybridized carbons (Fsp3) is 0.333. The molecule has 1 unspecified atom stereocenters. The summed E-state index contributed by atoms with van der Waals surface area (Å²) in [5, 5.41) is 22.1. The van der Waals surface area contributed by atoms with Gasteiger partial charge in [-0.05, 0) is 20.2 Å². The Bertz CT molecular complexity index is 530. The van der Waals surface area contributed by atoms with Crippen molar-refractivity contribution in [3.8, 4) is 0 Å². The van der Waals surface area contributed by atoms with Gasteiger partial charge in [-0.3, -0.25) is 24.6 Å². The lowest BCUT2D eigenvalue weighted by Gasteiger charge is -2.19. The SMILES string of the molecule is CN(C)C(CC(=O)Nc1ccccc1[N+](=O)[O-])C(=O)O. The van der Waals surface area contributed by atoms with Gasteiger partial charge in [0.25, 0.3) is 5.69 Å². The molecule has 0 heterocycles. The number of hydrogen-bond donors (Lipinski definition) is 2. The molecule has 0 saturated carbocycles. The van der Waals surface area contributed by atoms with Gasteiger partial charge in [0.1, 0.15) is 11.7 Å². The highest BCUT2D eigenvalue weighted by molar-refractivity contribution is 5.95. The minimum atomic E-state index is -1.13. The van der Waals surface area contributed by atoms with Gasteiger partial charge < -0.3 is 10.4 Å². The van der Waals surface area contributed by atoms with Crippen LogP contribution in [-0.4, -0.2) is 46.9 Å². The zero-order chi connectivity index (χ0) is 15.3. The van der Waals surface area contributed by atoms with Gasteiger partial charge in [0, 0.05) is 6.07 Å². The van der Waals surface area contributed by atoms with Crippen LogP contribution >= 0.6 is 0 Å². The summed E-state index contributed by atoms with van der Waals surface area (Å²) in [7, 11) is 3.08. The molecule has 1 atom stereocenters. The van der Waals surface area contributed by atoms with Crippen LogP contribution in [0.25, 0.3) is 0 Å². The maximum atomic E-state index is 11.8. The number of anilines is 1. The van der Waals surface area contributed by atoms with Crippen LogP contribution in [0.15, 0.2) is 24.3 Å². The molecule has 0 aliphatic carbocycles. The highest BCUT2D eigenvalue weighted by Gasteiger charge is 2.24. The number of nitro benzene ring substituents is 1. The van der Waals surface area contributed by atoms with E-state index in [-0.39, 0.29) is 17.8 Å². The van der Waals surface area contributed by atoms with Crippen molar-refractivity contribution in [2.24, 2.45) is 0 Å². The fourth-order valence-electron chi connectivity index (χ4n) is 1.61. The number of likely N-dealkylation sites (N-methyl/N-ethyl adjacent to an activating group) is 1. The quantitative estimate of drug-likeness (QED) is 0.592. The number of amides is 1. The second kappa shape index (κ2) is 6.62. The van der Waals surface area contributed by atoms with Crippen molar-refractivity contribution >= 4 is 23.3 Å². The van der Waals surface area contributed by atoms with Crippen LogP contribution in [-0.2, 0) is 9.59 Å². The lowest BCUT2D eigenvalue weighted by Crippen LogP contribution is -2.38. The number of nitro groups is 1. The zero-order valence-electron chi connectivity index (χ0n) is 11.1. The van der Waals surface area contributed by atoms with Crippen molar-refractivity contribution in [3.05, 3.63) is 34.4 Å². The number of para-hydroxylation sites is 2. The van der Waals surface area contributed by atoms with E-state index < -0.39 is 22.8 Å². The van der Waals surface area contributed by atoms with Crippen molar-refractivity contribution in [2.45, 2.75) is 12.5 Å². The molecule has 0 aliphatic rings. The molecule has 0 bridgehead atoms. The third-order valence-corrected chi connectivity index (χ3v) is 2.66. The van der Waals surface area contributed by atoms with Gasteiger partial charge in [-0.2, -0.15) is 0 Å². The first kappa shape index (κ1) is 15.6. The zero-order valence-corrected chi connectivity index (χ0v) is 11.1. The minimum absolute atomic E-state index is 0.0467. The average Bonchev–Trinajstić information content (AvgIpc) is 2.35. The molecular formula is C12H15N3O5. The predicted octanol–water partition coefficient (Wildman–Crippen LogP) is 0.938. The molecule has 0 saturated heterocycles. The number of aliphatic carboxylic acids is 1. The number of benzene rings is 1. The molecule has 108 valence electrons. The number of carboxylic acid groups (broad SMARTS) is 1. The number of hydrogen-bond acceptors (Lipinski definition) is 5. The standard InChI is InChI=1S/C12H15N3O5/c1-14(2)10(12(17)18)7-11(16)13-8-5-3-4-6-9(8)15(19)20/h3-6,10H,7H2,1-2H3,(H,13,16)(H,17,18). The lowest BCUT2D eigenvalue weighted by molar-refractivity contribution is -0.383. The molecule has 0 fully saturated rings. The summed E-state index contributed by atoms with van der Waals surface area (Å²) in [5.41, 5.74) is -0.192. The second-order valence-electron chi connectivity index (χ2n) is 4.34. The Kier molecular flexibility index (Phi) is 5.15. The first-order valence-corrected chi connectivity index (χ1v) is 5.75. The number of nitrogens with one attached hydrogen (secondary N) is 1. The molecule has 0 radical (unpaired) electrons. The van der Waals surface area contributed by atoms with Gasteiger partial charge in [0.15, 0.2) is 0 Å². The van der Waals surface area contributed by atoms with Crippen molar-refractivity contribution in [1.29, 1.82) is 0 Å². The van der Waals surface area contributed by atoms with E-state index in [9.17, 15) is 19.7 Å². The van der Waals surface area contributed by atoms with E-state index in [0.29, 0.717) is 0 Å². The van der Waals surface area contributed by atoms with E-state index in [2.05, 4.69) is 5.32 Å². The number of carboxylic acids is 1. The summed E-state index contributed by atoms with van der Waals surface area (Å²) in [6, 6.07) is 4.69. The largest absolute Gasteiger partial charge is 0.480 e. The molecule has 0 aliphatic heterocycles. The van der Waals surface area contributed by atoms with E-state index >= 15 is 0 Å². The van der Waals surface area contributed by atoms with E-state index in [1.54, 1.807) is 6.07 Å². The molecular weight excluding hydrogens is 266 g/mol. The summed E-state index contributed by atoms with van der Waals surface area (Å²) in [6.45, 7) is 0. The Morgan fingerprint density at radius 1 is 1.40 bits per heavy atom. The molecule has 20 heavy (non-hydrogen) atoms. The van der Waals surface area contributed by atoms with Crippen LogP contribution in [0.4, 0.5) is 11.4 Å². The van der Waals surface area contributed by atoms with E-state index in [1.165, 1.54) is 37.2 Å². The lowest BCUT2D eigenvalue weighted by atomic mass is 10.1. The Balaban J connectivity index is 2.81. The maximum Gasteiger partial charge on any atom is 0.321 e. The maximum absolute atomic E-state index is 11.8. The Hall–Kier alpha value is -2.48. The average molecular weight is 281 g/mol. The van der Waals surface area contributed by atoms with E-state index in [4.69, 9.17) is 5.11 Å². The predicted molar refractivity (Wildman–Crippen MR) is 71.5 cm³/mol. The summed E-state index contributed by atoms with van der Waals surface area (Å²) >= 11 is 0. The normalized spacial score (nSPS) is 11.9. The first-order chi connectivity index (χ1) is 9.32. The third-order valence-electron chi connectivity index (χ3n) is 2.66. The third kappa shape index (κ3) is 4.02. The van der Waals surface area contributed by atoms with E-state index in [0.717, 1.165) is 0 Å². The highest BCUT2D eigenvalue weighted by Crippen LogP contribution is 2.23. The van der Waals surface area contributed by atoms with Gasteiger partial charge in [-0.25, -0.2) is 0 Å². The second-order valence-corrected chi connectivity index (χ2v) is 4.34. The summed E-state index contributed by atoms with van der Waals surface area (Å²) in [5.74, 6) is -1.73. The summed E-state index contributed by atoms with van der Waals surface area (Å²) < 4.78 is 0. The first-order valence-electron chi connectivity index (χ1n) is 5.75. The molecule has 1 rings (SSSR count). The van der Waals surface area contributed by atoms with Gasteiger partial charge >= 0.3 is 5.97 Å². The van der Waals surface area contributed by atoms with Gasteiger partial charge in [-0.1, -0.05) is 12.1 Å². The topological polar surface area (TPSA) is 113 Å². The van der Waals surface area contributed by atoms with Crippen molar-refractivity contribution in [1.82, 2.24) is 4.90 Å². The molecule has 1 amide bonds. The highest BCUT2D eigenvalue weighted by atomic mass is 16.6. The number of nitrogens with zero attached hydrogens (tertiary/aromatic N) is 2. The van der Waals surface area contributed by atoms with Crippen LogP contribution < -0.4 is 5.32 Å². The van der Waals surface area contributed by atoms with Gasteiger partial charge in [0.05, 0.1) is 11.3 Å². The van der Waals surface area contributed by atoms with Crippen LogP contribution in [0, 0.1) is 10.1 Å². The molecule has 8 heteroatoms. The van der Waals surface area contributed by atoms with Gasteiger partial charge in [-0.15, -0.1) is 0 Å². The Labute approximate surface area is 115 Å². The molecule has 1 aromatic rings. The summed E-state index contributed by atoms with van der Waals surface area (Å²) in [6.07, 6.45) is -0.297. The fourth-order valence-corrected chi connectivity index (χ4v) is 1.61. The van der Waals surface area contributed by atoms with Crippen molar-refractivity contribution in [3.63, 3.8) is 0 Å². The van der Waals surface area contributed by atoms with Crippen molar-refractivity contribution < 1.29 is 19.6 Å². The van der Waals surface area contributed by atoms with Crippen molar-refractivity contribution in [2.75, 3.05) is 19.4 Å². The van der Waals surface area contributed by atoms with Crippen LogP contribution in [0.2, 0.25) is 0 Å². The molecule has 1 aromatic carbocycles. The minimum Gasteiger partial charge on any atom is -0.480 e. The summed E-state index contributed by atoms with van der Waals surface area (Å²) in [4.78, 5) is 34.3. The molecule has 2 N–H and O–H groups in total. The molecule has 8 nitrogen and oxygen atoms in total. The molecule has 0 aromatic heterocycles. The van der Waals surface area contributed by atoms with E-state index in [1.807, 2.05) is 0 Å². The number of carbonyl (C=O) groups is 2. The molecule has 0 spiro atoms. The van der Waals surface area contributed by atoms with Crippen LogP contribution in [0.3, 0.4) is 0 Å². The van der Waals surface area contributed by atoms with Gasteiger partial charge in [0.2, 0.25) is 5.91 Å². The smallest absolute Gasteiger partial charge is 0.321 e. The number of carbonyl (C=O) groups excluding carboxylic acids is 1. The Morgan fingerprint density at radius 2 is 2.00 bits per heavy atom. The monoisotopic (exact) mass is 281 g/mol.